The molecule has 0 saturated heterocycles. The van der Waals surface area contributed by atoms with E-state index < -0.39 is 36.1 Å². The van der Waals surface area contributed by atoms with Gasteiger partial charge in [0.05, 0.1) is 17.8 Å². The number of carbonyl (C=O) groups excluding carboxylic acids is 9. The number of ether oxygens (including phenoxy) is 9. The number of nitrogens with zero attached hydrogens (tertiary/aromatic N) is 3. The van der Waals surface area contributed by atoms with Crippen LogP contribution in [0.1, 0.15) is 605 Å². The Bertz CT molecular complexity index is 2840. The van der Waals surface area contributed by atoms with Gasteiger partial charge in [0, 0.05) is 58.2 Å². The minimum atomic E-state index is -0.722. The third-order valence-electron chi connectivity index (χ3n) is 30.0. The highest BCUT2D eigenvalue weighted by Crippen LogP contribution is 2.38. The average molecular weight is 2050 g/mol. The molecule has 0 N–H and O–H groups in total. The Hall–Kier alpha value is -4.89. The van der Waals surface area contributed by atoms with Crippen molar-refractivity contribution in [3.05, 3.63) is 0 Å². The molecule has 21 nitrogen and oxygen atoms in total. The smallest absolute Gasteiger partial charge is 0.309 e. The normalized spacial score (nSPS) is 16.0. The molecular weight excluding hydrogens is 1820 g/mol. The maximum Gasteiger partial charge on any atom is 0.309 e. The number of unbranched alkanes of at least 4 members (excludes halogenated alkanes) is 32. The zero-order valence-corrected chi connectivity index (χ0v) is 97.5. The minimum absolute atomic E-state index is 0.0242. The lowest BCUT2D eigenvalue weighted by Gasteiger charge is -2.33. The van der Waals surface area contributed by atoms with E-state index in [1.807, 2.05) is 20.8 Å². The van der Waals surface area contributed by atoms with E-state index in [0.717, 1.165) is 476 Å². The fourth-order valence-corrected chi connectivity index (χ4v) is 20.7. The molecule has 0 aromatic heterocycles. The van der Waals surface area contributed by atoms with Gasteiger partial charge in [-0.2, -0.15) is 0 Å². The van der Waals surface area contributed by atoms with Crippen LogP contribution in [0.5, 0.6) is 0 Å². The molecule has 21 heteroatoms. The van der Waals surface area contributed by atoms with Crippen molar-refractivity contribution >= 4 is 53.7 Å². The van der Waals surface area contributed by atoms with Crippen molar-refractivity contribution in [2.24, 2.45) is 23.7 Å². The Morgan fingerprint density at radius 2 is 0.352 bits per heavy atom. The maximum absolute atomic E-state index is 15.0. The molecule has 1 aliphatic rings. The number of esters is 9. The quantitative estimate of drug-likeness (QED) is 0.0312. The molecule has 145 heavy (non-hydrogen) atoms. The van der Waals surface area contributed by atoms with Gasteiger partial charge < -0.3 is 57.3 Å². The van der Waals surface area contributed by atoms with Crippen molar-refractivity contribution in [1.82, 2.24) is 14.7 Å². The highest BCUT2D eigenvalue weighted by Gasteiger charge is 2.43. The molecule has 0 aliphatic heterocycles. The standard InChI is InChI=1S/C124H233N3O18/c1-17-29-76-110(68-23-7)140-116(128)82-55-45-35-40-50-62-91-125(92-63-51-41-36-46-56-83-117(129)141-111(69-24-8)77-30-18-2)97-88-104(14)137-122(134)107-100-108(123(135)138-105(15)89-98-126(93-64-52-42-37-47-57-84-118(130)142-112(70-25-9)78-31-19-3)94-65-53-43-38-48-58-85-119(131)143-113(71-26-10)79-32-20-4)102-109(101-107)124(136)139-106(16)90-99-127(95-66-54-44-39-49-59-86-120(132)144-114(72-27-11)80-33-21-5)96-67-75-103(13)74-60-61-87-121(133)145-115(73-28-12)81-34-22-6/h103-115H,17-102H2,1-16H3/t103?,104?,105?,106?,107-,108?,109?,110?,111?,112?,113?,114?,115?/m1/s1. The summed E-state index contributed by atoms with van der Waals surface area (Å²) in [6, 6.07) is 0. The highest BCUT2D eigenvalue weighted by atomic mass is 16.6. The summed E-state index contributed by atoms with van der Waals surface area (Å²) in [4.78, 5) is 130. The summed E-state index contributed by atoms with van der Waals surface area (Å²) in [5, 5.41) is 0. The van der Waals surface area contributed by atoms with Crippen molar-refractivity contribution in [2.75, 3.05) is 58.9 Å². The second kappa shape index (κ2) is 97.3. The Kier molecular flexibility index (Phi) is 92.7. The molecule has 1 rings (SSSR count). The molecular formula is C124H233N3O18. The molecule has 0 aromatic carbocycles. The SMILES string of the molecule is CCCCC(CCC)OC(=O)CCCCCCCCN(CCCCCCCCC(=O)OC(CCC)CCCC)CCC(C)OC(=O)C1CC(C(=O)OC(C)CCN(CCCCCCCCC(=O)OC(CCC)CCCC)CCCC(C)CCCCC(=O)OC(CCC)CCCC)C[C@H](C(=O)OC(C)CCN(CCCCCCCCC(=O)OC(CCC)CCCC)CCCCCCCCC(=O)OC(CCC)CCCC)C1. The third kappa shape index (κ3) is 80.6. The maximum atomic E-state index is 15.0. The summed E-state index contributed by atoms with van der Waals surface area (Å²) in [5.41, 5.74) is 0. The van der Waals surface area contributed by atoms with Crippen LogP contribution in [0.3, 0.4) is 0 Å². The summed E-state index contributed by atoms with van der Waals surface area (Å²) < 4.78 is 54.9. The van der Waals surface area contributed by atoms with Gasteiger partial charge >= 0.3 is 53.7 Å². The molecule has 1 aliphatic carbocycles. The Morgan fingerprint density at radius 1 is 0.179 bits per heavy atom. The van der Waals surface area contributed by atoms with Gasteiger partial charge in [-0.05, 0) is 265 Å². The topological polar surface area (TPSA) is 246 Å². The van der Waals surface area contributed by atoms with Crippen molar-refractivity contribution in [3.63, 3.8) is 0 Å². The van der Waals surface area contributed by atoms with Crippen LogP contribution in [0.2, 0.25) is 0 Å². The van der Waals surface area contributed by atoms with Crippen LogP contribution >= 0.6 is 0 Å². The third-order valence-corrected chi connectivity index (χ3v) is 30.0. The first-order valence-electron chi connectivity index (χ1n) is 62.3. The molecule has 0 radical (unpaired) electrons. The molecule has 0 aromatic rings. The molecule has 0 bridgehead atoms. The monoisotopic (exact) mass is 2050 g/mol. The van der Waals surface area contributed by atoms with Crippen molar-refractivity contribution in [1.29, 1.82) is 0 Å². The van der Waals surface area contributed by atoms with E-state index in [1.54, 1.807) is 0 Å². The number of hydrogen-bond acceptors (Lipinski definition) is 21. The van der Waals surface area contributed by atoms with Gasteiger partial charge in [0.2, 0.25) is 0 Å². The first kappa shape index (κ1) is 138. The van der Waals surface area contributed by atoms with Gasteiger partial charge in [0.15, 0.2) is 0 Å². The van der Waals surface area contributed by atoms with Gasteiger partial charge in [0.25, 0.3) is 0 Å². The number of rotatable bonds is 105. The van der Waals surface area contributed by atoms with E-state index in [-0.39, 0.29) is 110 Å². The van der Waals surface area contributed by atoms with E-state index >= 15 is 0 Å². The van der Waals surface area contributed by atoms with Gasteiger partial charge in [-0.15, -0.1) is 0 Å². The van der Waals surface area contributed by atoms with Crippen LogP contribution in [-0.2, 0) is 85.8 Å². The molecule has 12 unspecified atom stereocenters. The molecule has 852 valence electrons. The van der Waals surface area contributed by atoms with Crippen LogP contribution in [-0.4, -0.2) is 182 Å². The fraction of sp³-hybridized carbons (Fsp3) is 0.927. The van der Waals surface area contributed by atoms with Crippen LogP contribution in [0.25, 0.3) is 0 Å². The van der Waals surface area contributed by atoms with Gasteiger partial charge in [0.1, 0.15) is 54.9 Å². The number of hydrogen-bond donors (Lipinski definition) is 0. The minimum Gasteiger partial charge on any atom is -0.462 e. The largest absolute Gasteiger partial charge is 0.462 e. The van der Waals surface area contributed by atoms with Crippen LogP contribution in [0, 0.1) is 23.7 Å². The van der Waals surface area contributed by atoms with E-state index in [0.29, 0.717) is 63.7 Å². The summed E-state index contributed by atoms with van der Waals surface area (Å²) in [6.07, 6.45) is 70.2. The van der Waals surface area contributed by atoms with Crippen molar-refractivity contribution in [3.8, 4) is 0 Å². The van der Waals surface area contributed by atoms with Crippen LogP contribution in [0.4, 0.5) is 0 Å². The Labute approximate surface area is 891 Å². The second-order valence-corrected chi connectivity index (χ2v) is 44.5. The van der Waals surface area contributed by atoms with Crippen LogP contribution in [0.15, 0.2) is 0 Å². The Balaban J connectivity index is 3.61. The van der Waals surface area contributed by atoms with Crippen LogP contribution < -0.4 is 0 Å². The second-order valence-electron chi connectivity index (χ2n) is 44.5. The van der Waals surface area contributed by atoms with Crippen molar-refractivity contribution < 1.29 is 85.8 Å². The summed E-state index contributed by atoms with van der Waals surface area (Å²) in [5.74, 6) is -3.20. The zero-order chi connectivity index (χ0) is 107. The average Bonchev–Trinajstić information content (AvgIpc) is 0.818. The molecule has 0 amide bonds. The molecule has 13 atom stereocenters. The fourth-order valence-electron chi connectivity index (χ4n) is 20.7. The lowest BCUT2D eigenvalue weighted by molar-refractivity contribution is -0.167. The summed E-state index contributed by atoms with van der Waals surface area (Å²) >= 11 is 0. The first-order chi connectivity index (χ1) is 70.4. The van der Waals surface area contributed by atoms with E-state index in [9.17, 15) is 43.2 Å². The lowest BCUT2D eigenvalue weighted by atomic mass is 9.75. The Morgan fingerprint density at radius 3 is 0.545 bits per heavy atom. The predicted octanol–water partition coefficient (Wildman–Crippen LogP) is 32.9. The van der Waals surface area contributed by atoms with Crippen molar-refractivity contribution in [2.45, 2.75) is 660 Å². The van der Waals surface area contributed by atoms with Gasteiger partial charge in [-0.25, -0.2) is 0 Å². The van der Waals surface area contributed by atoms with E-state index in [4.69, 9.17) is 42.6 Å². The van der Waals surface area contributed by atoms with E-state index in [1.165, 1.54) is 0 Å². The summed E-state index contributed by atoms with van der Waals surface area (Å²) in [7, 11) is 0. The highest BCUT2D eigenvalue weighted by molar-refractivity contribution is 5.81. The first-order valence-corrected chi connectivity index (χ1v) is 62.3. The molecule has 0 heterocycles. The lowest BCUT2D eigenvalue weighted by Crippen LogP contribution is -2.39. The molecule has 1 fully saturated rings. The molecule has 0 spiro atoms. The predicted molar refractivity (Wildman–Crippen MR) is 598 cm³/mol. The van der Waals surface area contributed by atoms with Gasteiger partial charge in [-0.1, -0.05) is 347 Å². The summed E-state index contributed by atoms with van der Waals surface area (Å²) in [6.45, 7) is 42.1. The van der Waals surface area contributed by atoms with E-state index in [2.05, 4.69) is 105 Å². The zero-order valence-electron chi connectivity index (χ0n) is 97.5. The molecule has 1 saturated carbocycles. The van der Waals surface area contributed by atoms with Gasteiger partial charge in [-0.3, -0.25) is 43.2 Å². The number of carbonyl (C=O) groups is 9.